The predicted molar refractivity (Wildman–Crippen MR) is 86.3 cm³/mol. The number of amides is 2. The van der Waals surface area contributed by atoms with Gasteiger partial charge < -0.3 is 19.7 Å². The van der Waals surface area contributed by atoms with E-state index in [1.165, 1.54) is 43.1 Å². The second kappa shape index (κ2) is 8.46. The van der Waals surface area contributed by atoms with Gasteiger partial charge in [-0.15, -0.1) is 0 Å². The molecular formula is C17H21FN2O5. The number of nitrogens with zero attached hydrogens (tertiary/aromatic N) is 1. The second-order valence-corrected chi connectivity index (χ2v) is 5.91. The summed E-state index contributed by atoms with van der Waals surface area (Å²) in [6.07, 6.45) is 0.974. The zero-order valence-electron chi connectivity index (χ0n) is 14.2. The first-order chi connectivity index (χ1) is 11.8. The maximum absolute atomic E-state index is 12.8. The Hall–Kier alpha value is -2.64. The number of hydrogen-bond acceptors (Lipinski definition) is 5. The molecule has 1 aromatic rings. The summed E-state index contributed by atoms with van der Waals surface area (Å²) >= 11 is 0. The van der Waals surface area contributed by atoms with Crippen LogP contribution in [0.25, 0.3) is 0 Å². The van der Waals surface area contributed by atoms with Gasteiger partial charge in [-0.1, -0.05) is 0 Å². The molecule has 7 nitrogen and oxygen atoms in total. The van der Waals surface area contributed by atoms with E-state index in [9.17, 15) is 18.8 Å². The summed E-state index contributed by atoms with van der Waals surface area (Å²) in [6.45, 7) is 0.890. The molecule has 1 aliphatic carbocycles. The first-order valence-electron chi connectivity index (χ1n) is 7.97. The Balaban J connectivity index is 1.70. The predicted octanol–water partition coefficient (Wildman–Crippen LogP) is 0.873. The number of carbonyl (C=O) groups is 3. The number of carbonyl (C=O) groups excluding carboxylic acids is 3. The SMILES string of the molecule is C[C@@H](Oc1ccc(F)cc1)C(=O)OCC(=O)N(C)CC(=O)NC1CC1. The Morgan fingerprint density at radius 2 is 1.92 bits per heavy atom. The summed E-state index contributed by atoms with van der Waals surface area (Å²) in [5, 5.41) is 2.77. The van der Waals surface area contributed by atoms with Gasteiger partial charge in [0.05, 0.1) is 6.54 Å². The molecule has 1 atom stereocenters. The molecule has 1 aromatic carbocycles. The third-order valence-corrected chi connectivity index (χ3v) is 3.55. The molecule has 0 radical (unpaired) electrons. The van der Waals surface area contributed by atoms with E-state index < -0.39 is 30.4 Å². The smallest absolute Gasteiger partial charge is 0.347 e. The fourth-order valence-electron chi connectivity index (χ4n) is 1.93. The molecule has 2 amide bonds. The zero-order chi connectivity index (χ0) is 18.4. The summed E-state index contributed by atoms with van der Waals surface area (Å²) in [7, 11) is 1.46. The van der Waals surface area contributed by atoms with Crippen molar-refractivity contribution < 1.29 is 28.2 Å². The minimum Gasteiger partial charge on any atom is -0.479 e. The van der Waals surface area contributed by atoms with Gasteiger partial charge in [-0.3, -0.25) is 9.59 Å². The lowest BCUT2D eigenvalue weighted by atomic mass is 10.3. The molecular weight excluding hydrogens is 331 g/mol. The van der Waals surface area contributed by atoms with Gasteiger partial charge in [0.1, 0.15) is 11.6 Å². The van der Waals surface area contributed by atoms with Crippen LogP contribution in [0.1, 0.15) is 19.8 Å². The van der Waals surface area contributed by atoms with E-state index >= 15 is 0 Å². The van der Waals surface area contributed by atoms with Crippen molar-refractivity contribution >= 4 is 17.8 Å². The van der Waals surface area contributed by atoms with Crippen LogP contribution in [0.4, 0.5) is 4.39 Å². The van der Waals surface area contributed by atoms with Crippen LogP contribution >= 0.6 is 0 Å². The van der Waals surface area contributed by atoms with E-state index in [2.05, 4.69) is 5.32 Å². The number of nitrogens with one attached hydrogen (secondary N) is 1. The molecule has 8 heteroatoms. The number of ether oxygens (including phenoxy) is 2. The van der Waals surface area contributed by atoms with E-state index in [-0.39, 0.29) is 18.5 Å². The molecule has 0 saturated heterocycles. The van der Waals surface area contributed by atoms with Crippen LogP contribution in [0.5, 0.6) is 5.75 Å². The maximum Gasteiger partial charge on any atom is 0.347 e. The van der Waals surface area contributed by atoms with Gasteiger partial charge in [0.2, 0.25) is 5.91 Å². The normalized spacial score (nSPS) is 14.4. The summed E-state index contributed by atoms with van der Waals surface area (Å²) in [5.41, 5.74) is 0. The molecule has 0 aliphatic heterocycles. The topological polar surface area (TPSA) is 84.9 Å². The van der Waals surface area contributed by atoms with Gasteiger partial charge in [0.15, 0.2) is 12.7 Å². The first-order valence-corrected chi connectivity index (χ1v) is 7.97. The Labute approximate surface area is 145 Å². The Bertz CT molecular complexity index is 630. The highest BCUT2D eigenvalue weighted by molar-refractivity contribution is 5.86. The maximum atomic E-state index is 12.8. The van der Waals surface area contributed by atoms with Crippen LogP contribution in [0, 0.1) is 5.82 Å². The molecule has 1 N–H and O–H groups in total. The summed E-state index contributed by atoms with van der Waals surface area (Å²) in [6, 6.07) is 5.41. The van der Waals surface area contributed by atoms with E-state index in [4.69, 9.17) is 9.47 Å². The van der Waals surface area contributed by atoms with Crippen molar-refractivity contribution in [2.24, 2.45) is 0 Å². The number of esters is 1. The van der Waals surface area contributed by atoms with Crippen molar-refractivity contribution in [3.8, 4) is 5.75 Å². The molecule has 1 aliphatic rings. The highest BCUT2D eigenvalue weighted by Crippen LogP contribution is 2.18. The number of halogens is 1. The molecule has 136 valence electrons. The minimum atomic E-state index is -0.957. The highest BCUT2D eigenvalue weighted by atomic mass is 19.1. The molecule has 0 heterocycles. The zero-order valence-corrected chi connectivity index (χ0v) is 14.2. The van der Waals surface area contributed by atoms with Gasteiger partial charge in [0.25, 0.3) is 5.91 Å². The average Bonchev–Trinajstić information content (AvgIpc) is 3.37. The molecule has 2 rings (SSSR count). The monoisotopic (exact) mass is 352 g/mol. The molecule has 0 aromatic heterocycles. The Morgan fingerprint density at radius 3 is 2.52 bits per heavy atom. The van der Waals surface area contributed by atoms with Crippen LogP contribution < -0.4 is 10.1 Å². The number of likely N-dealkylation sites (N-methyl/N-ethyl adjacent to an activating group) is 1. The number of benzene rings is 1. The first kappa shape index (κ1) is 18.7. The third-order valence-electron chi connectivity index (χ3n) is 3.55. The lowest BCUT2D eigenvalue weighted by Gasteiger charge is -2.18. The summed E-state index contributed by atoms with van der Waals surface area (Å²) in [4.78, 5) is 36.5. The van der Waals surface area contributed by atoms with Gasteiger partial charge in [-0.2, -0.15) is 0 Å². The quantitative estimate of drug-likeness (QED) is 0.702. The third kappa shape index (κ3) is 6.40. The fourth-order valence-corrected chi connectivity index (χ4v) is 1.93. The summed E-state index contributed by atoms with van der Waals surface area (Å²) in [5.74, 6) is -1.56. The molecule has 0 bridgehead atoms. The van der Waals surface area contributed by atoms with Crippen molar-refractivity contribution in [3.63, 3.8) is 0 Å². The van der Waals surface area contributed by atoms with Gasteiger partial charge in [0, 0.05) is 13.1 Å². The van der Waals surface area contributed by atoms with Crippen molar-refractivity contribution in [2.75, 3.05) is 20.2 Å². The van der Waals surface area contributed by atoms with E-state index in [1.807, 2.05) is 0 Å². The van der Waals surface area contributed by atoms with Gasteiger partial charge in [-0.25, -0.2) is 9.18 Å². The van der Waals surface area contributed by atoms with Crippen LogP contribution in [0.2, 0.25) is 0 Å². The van der Waals surface area contributed by atoms with Crippen molar-refractivity contribution in [1.29, 1.82) is 0 Å². The van der Waals surface area contributed by atoms with Crippen LogP contribution in [-0.2, 0) is 19.1 Å². The molecule has 25 heavy (non-hydrogen) atoms. The Kier molecular flexibility index (Phi) is 6.32. The minimum absolute atomic E-state index is 0.0888. The van der Waals surface area contributed by atoms with E-state index in [0.717, 1.165) is 12.8 Å². The van der Waals surface area contributed by atoms with Crippen molar-refractivity contribution in [2.45, 2.75) is 31.9 Å². The lowest BCUT2D eigenvalue weighted by molar-refractivity contribution is -0.157. The summed E-state index contributed by atoms with van der Waals surface area (Å²) < 4.78 is 23.0. The largest absolute Gasteiger partial charge is 0.479 e. The van der Waals surface area contributed by atoms with Crippen molar-refractivity contribution in [1.82, 2.24) is 10.2 Å². The van der Waals surface area contributed by atoms with Crippen LogP contribution in [0.15, 0.2) is 24.3 Å². The van der Waals surface area contributed by atoms with Crippen LogP contribution in [0.3, 0.4) is 0 Å². The van der Waals surface area contributed by atoms with E-state index in [0.29, 0.717) is 5.75 Å². The average molecular weight is 352 g/mol. The van der Waals surface area contributed by atoms with Crippen LogP contribution in [-0.4, -0.2) is 55.0 Å². The molecule has 1 fully saturated rings. The molecule has 0 spiro atoms. The van der Waals surface area contributed by atoms with E-state index in [1.54, 1.807) is 0 Å². The number of rotatable bonds is 8. The number of hydrogen-bond donors (Lipinski definition) is 1. The fraction of sp³-hybridized carbons (Fsp3) is 0.471. The lowest BCUT2D eigenvalue weighted by Crippen LogP contribution is -2.41. The molecule has 1 saturated carbocycles. The highest BCUT2D eigenvalue weighted by Gasteiger charge is 2.25. The van der Waals surface area contributed by atoms with Crippen molar-refractivity contribution in [3.05, 3.63) is 30.1 Å². The van der Waals surface area contributed by atoms with Gasteiger partial charge in [-0.05, 0) is 44.0 Å². The molecule has 0 unspecified atom stereocenters. The van der Waals surface area contributed by atoms with Gasteiger partial charge >= 0.3 is 5.97 Å². The standard InChI is InChI=1S/C17H21FN2O5/c1-11(25-14-7-3-12(18)4-8-14)17(23)24-10-16(22)20(2)9-15(21)19-13-5-6-13/h3-4,7-8,11,13H,5-6,9-10H2,1-2H3,(H,19,21)/t11-/m1/s1. The second-order valence-electron chi connectivity index (χ2n) is 5.91. The Morgan fingerprint density at radius 1 is 1.28 bits per heavy atom.